The van der Waals surface area contributed by atoms with Gasteiger partial charge in [-0.15, -0.1) is 0 Å². The predicted octanol–water partition coefficient (Wildman–Crippen LogP) is 3.47. The monoisotopic (exact) mass is 334 g/mol. The maximum atomic E-state index is 12.1. The maximum Gasteiger partial charge on any atom is 0.412 e. The fourth-order valence-electron chi connectivity index (χ4n) is 3.27. The second kappa shape index (κ2) is 7.11. The molecule has 24 heavy (non-hydrogen) atoms. The van der Waals surface area contributed by atoms with Crippen LogP contribution in [-0.4, -0.2) is 29.4 Å². The minimum absolute atomic E-state index is 0.128. The van der Waals surface area contributed by atoms with Crippen molar-refractivity contribution in [3.8, 4) is 0 Å². The molecule has 0 saturated heterocycles. The number of nitrogens with one attached hydrogen (secondary N) is 1. The average molecular weight is 334 g/mol. The minimum Gasteiger partial charge on any atom is -0.444 e. The first kappa shape index (κ1) is 18.7. The average Bonchev–Trinajstić information content (AvgIpc) is 2.49. The lowest BCUT2D eigenvalue weighted by Gasteiger charge is -2.39. The van der Waals surface area contributed by atoms with Crippen molar-refractivity contribution in [2.24, 2.45) is 5.73 Å². The van der Waals surface area contributed by atoms with E-state index in [-0.39, 0.29) is 11.5 Å². The number of amides is 1. The number of hydrogen-bond acceptors (Lipinski definition) is 4. The van der Waals surface area contributed by atoms with Gasteiger partial charge in [0.15, 0.2) is 0 Å². The molecule has 1 fully saturated rings. The van der Waals surface area contributed by atoms with Crippen molar-refractivity contribution in [2.75, 3.05) is 11.9 Å². The summed E-state index contributed by atoms with van der Waals surface area (Å²) in [7, 11) is 0. The zero-order valence-corrected chi connectivity index (χ0v) is 15.2. The van der Waals surface area contributed by atoms with E-state index >= 15 is 0 Å². The van der Waals surface area contributed by atoms with E-state index in [2.05, 4.69) is 11.4 Å². The van der Waals surface area contributed by atoms with Crippen LogP contribution in [0, 0.1) is 6.92 Å². The molecule has 0 heterocycles. The van der Waals surface area contributed by atoms with Crippen LogP contribution < -0.4 is 11.1 Å². The molecule has 1 aliphatic carbocycles. The molecular weight excluding hydrogens is 304 g/mol. The highest BCUT2D eigenvalue weighted by atomic mass is 16.6. The van der Waals surface area contributed by atoms with Gasteiger partial charge in [-0.1, -0.05) is 12.1 Å². The van der Waals surface area contributed by atoms with E-state index in [1.807, 2.05) is 39.8 Å². The third kappa shape index (κ3) is 4.48. The Labute approximate surface area is 144 Å². The molecule has 4 N–H and O–H groups in total. The Morgan fingerprint density at radius 1 is 1.38 bits per heavy atom. The van der Waals surface area contributed by atoms with Gasteiger partial charge in [-0.25, -0.2) is 4.79 Å². The van der Waals surface area contributed by atoms with Crippen molar-refractivity contribution in [1.29, 1.82) is 0 Å². The number of carbonyl (C=O) groups is 1. The van der Waals surface area contributed by atoms with Crippen molar-refractivity contribution < 1.29 is 14.6 Å². The van der Waals surface area contributed by atoms with E-state index in [4.69, 9.17) is 10.5 Å². The molecule has 0 spiro atoms. The van der Waals surface area contributed by atoms with Crippen LogP contribution in [0.4, 0.5) is 10.5 Å². The Balaban J connectivity index is 2.23. The normalized spacial score (nSPS) is 24.5. The molecule has 1 aromatic carbocycles. The van der Waals surface area contributed by atoms with E-state index in [9.17, 15) is 9.90 Å². The standard InChI is InChI=1S/C19H30N2O3/c1-13-5-6-14(19(12-20)9-7-15(22)8-10-19)11-16(13)21-17(23)24-18(2,3)4/h5-6,11,15,22H,7-10,12,20H2,1-4H3,(H,21,23). The largest absolute Gasteiger partial charge is 0.444 e. The summed E-state index contributed by atoms with van der Waals surface area (Å²) in [4.78, 5) is 12.1. The molecule has 0 atom stereocenters. The van der Waals surface area contributed by atoms with Gasteiger partial charge in [0.25, 0.3) is 0 Å². The predicted molar refractivity (Wildman–Crippen MR) is 96.2 cm³/mol. The Morgan fingerprint density at radius 3 is 2.54 bits per heavy atom. The Kier molecular flexibility index (Phi) is 5.56. The SMILES string of the molecule is Cc1ccc(C2(CN)CCC(O)CC2)cc1NC(=O)OC(C)(C)C. The highest BCUT2D eigenvalue weighted by Crippen LogP contribution is 2.40. The summed E-state index contributed by atoms with van der Waals surface area (Å²) in [6, 6.07) is 6.09. The van der Waals surface area contributed by atoms with E-state index in [1.165, 1.54) is 0 Å². The molecule has 1 saturated carbocycles. The molecule has 2 rings (SSSR count). The lowest BCUT2D eigenvalue weighted by atomic mass is 9.68. The van der Waals surface area contributed by atoms with Gasteiger partial charge in [0.05, 0.1) is 6.10 Å². The summed E-state index contributed by atoms with van der Waals surface area (Å²) in [5, 5.41) is 12.6. The van der Waals surface area contributed by atoms with Crippen LogP contribution in [0.5, 0.6) is 0 Å². The quantitative estimate of drug-likeness (QED) is 0.790. The summed E-state index contributed by atoms with van der Waals surface area (Å²) < 4.78 is 5.34. The van der Waals surface area contributed by atoms with Gasteiger partial charge < -0.3 is 15.6 Å². The van der Waals surface area contributed by atoms with E-state index < -0.39 is 11.7 Å². The van der Waals surface area contributed by atoms with Crippen molar-refractivity contribution in [3.63, 3.8) is 0 Å². The number of rotatable bonds is 3. The van der Waals surface area contributed by atoms with Crippen molar-refractivity contribution in [1.82, 2.24) is 0 Å². The van der Waals surface area contributed by atoms with E-state index in [1.54, 1.807) is 0 Å². The van der Waals surface area contributed by atoms with Crippen molar-refractivity contribution in [3.05, 3.63) is 29.3 Å². The van der Waals surface area contributed by atoms with Gasteiger partial charge in [-0.3, -0.25) is 5.32 Å². The molecule has 0 bridgehead atoms. The number of aliphatic hydroxyl groups excluding tert-OH is 1. The van der Waals surface area contributed by atoms with Gasteiger partial charge in [0.2, 0.25) is 0 Å². The topological polar surface area (TPSA) is 84.6 Å². The summed E-state index contributed by atoms with van der Waals surface area (Å²) >= 11 is 0. The van der Waals surface area contributed by atoms with Crippen LogP contribution in [-0.2, 0) is 10.2 Å². The second-order valence-corrected chi connectivity index (χ2v) is 7.87. The molecule has 1 aromatic rings. The molecule has 0 aliphatic heterocycles. The first-order valence-electron chi connectivity index (χ1n) is 8.64. The van der Waals surface area contributed by atoms with Gasteiger partial charge in [0.1, 0.15) is 5.60 Å². The Hall–Kier alpha value is -1.59. The first-order valence-corrected chi connectivity index (χ1v) is 8.64. The van der Waals surface area contributed by atoms with E-state index in [0.29, 0.717) is 6.54 Å². The molecule has 0 aromatic heterocycles. The fraction of sp³-hybridized carbons (Fsp3) is 0.632. The van der Waals surface area contributed by atoms with Crippen LogP contribution >= 0.6 is 0 Å². The van der Waals surface area contributed by atoms with Crippen LogP contribution in [0.2, 0.25) is 0 Å². The van der Waals surface area contributed by atoms with Gasteiger partial charge in [-0.2, -0.15) is 0 Å². The first-order chi connectivity index (χ1) is 11.1. The van der Waals surface area contributed by atoms with Gasteiger partial charge in [0, 0.05) is 17.6 Å². The van der Waals surface area contributed by atoms with Crippen molar-refractivity contribution in [2.45, 2.75) is 70.5 Å². The number of ether oxygens (including phenoxy) is 1. The highest BCUT2D eigenvalue weighted by molar-refractivity contribution is 5.86. The van der Waals surface area contributed by atoms with Crippen molar-refractivity contribution >= 4 is 11.8 Å². The molecule has 0 radical (unpaired) electrons. The van der Waals surface area contributed by atoms with Gasteiger partial charge >= 0.3 is 6.09 Å². The van der Waals surface area contributed by atoms with Crippen LogP contribution in [0.3, 0.4) is 0 Å². The number of aliphatic hydroxyl groups is 1. The number of nitrogens with two attached hydrogens (primary N) is 1. The van der Waals surface area contributed by atoms with Crippen LogP contribution in [0.1, 0.15) is 57.6 Å². The third-order valence-electron chi connectivity index (χ3n) is 4.79. The van der Waals surface area contributed by atoms with Crippen LogP contribution in [0.15, 0.2) is 18.2 Å². The lowest BCUT2D eigenvalue weighted by Crippen LogP contribution is -2.40. The Bertz CT molecular complexity index is 585. The molecule has 134 valence electrons. The minimum atomic E-state index is -0.534. The third-order valence-corrected chi connectivity index (χ3v) is 4.79. The summed E-state index contributed by atoms with van der Waals surface area (Å²) in [6.07, 6.45) is 2.57. The molecule has 5 heteroatoms. The zero-order chi connectivity index (χ0) is 18.0. The molecule has 5 nitrogen and oxygen atoms in total. The smallest absolute Gasteiger partial charge is 0.412 e. The fourth-order valence-corrected chi connectivity index (χ4v) is 3.27. The van der Waals surface area contributed by atoms with Gasteiger partial charge in [-0.05, 0) is 70.6 Å². The summed E-state index contributed by atoms with van der Waals surface area (Å²) in [5.74, 6) is 0. The number of anilines is 1. The molecule has 1 amide bonds. The number of benzene rings is 1. The maximum absolute atomic E-state index is 12.1. The summed E-state index contributed by atoms with van der Waals surface area (Å²) in [6.45, 7) is 8.01. The van der Waals surface area contributed by atoms with Crippen LogP contribution in [0.25, 0.3) is 0 Å². The van der Waals surface area contributed by atoms with E-state index in [0.717, 1.165) is 42.5 Å². The lowest BCUT2D eigenvalue weighted by molar-refractivity contribution is 0.0636. The zero-order valence-electron chi connectivity index (χ0n) is 15.2. The number of carbonyl (C=O) groups excluding carboxylic acids is 1. The number of hydrogen-bond donors (Lipinski definition) is 3. The molecule has 1 aliphatic rings. The molecule has 0 unspecified atom stereocenters. The summed E-state index contributed by atoms with van der Waals surface area (Å²) in [5.41, 5.74) is 8.28. The highest BCUT2D eigenvalue weighted by Gasteiger charge is 2.35. The molecular formula is C19H30N2O3. The second-order valence-electron chi connectivity index (χ2n) is 7.87. The Morgan fingerprint density at radius 2 is 2.00 bits per heavy atom. The number of aryl methyl sites for hydroxylation is 1.